The molecule has 0 fully saturated rings. The van der Waals surface area contributed by atoms with Crippen LogP contribution in [0.2, 0.25) is 5.02 Å². The molecule has 0 atom stereocenters. The summed E-state index contributed by atoms with van der Waals surface area (Å²) in [5.74, 6) is 0.558. The lowest BCUT2D eigenvalue weighted by molar-refractivity contribution is 0.628. The van der Waals surface area contributed by atoms with E-state index < -0.39 is 0 Å². The fraction of sp³-hybridized carbons (Fsp3) is 0.231. The van der Waals surface area contributed by atoms with E-state index in [0.29, 0.717) is 22.5 Å². The van der Waals surface area contributed by atoms with E-state index in [-0.39, 0.29) is 5.82 Å². The van der Waals surface area contributed by atoms with Crippen LogP contribution in [0.5, 0.6) is 0 Å². The van der Waals surface area contributed by atoms with Crippen LogP contribution in [0.4, 0.5) is 21.8 Å². The zero-order valence-corrected chi connectivity index (χ0v) is 13.1. The van der Waals surface area contributed by atoms with Crippen LogP contribution < -0.4 is 10.6 Å². The Balaban J connectivity index is 2.25. The lowest BCUT2D eigenvalue weighted by Crippen LogP contribution is -2.06. The molecular formula is C13H13BrClFN4. The van der Waals surface area contributed by atoms with E-state index in [1.165, 1.54) is 18.3 Å². The average Bonchev–Trinajstić information content (AvgIpc) is 2.43. The van der Waals surface area contributed by atoms with Crippen LogP contribution in [-0.4, -0.2) is 16.5 Å². The SMILES string of the molecule is CCCNc1ncc(Cl)c(Nc2cc(F)ccc2Br)n1. The van der Waals surface area contributed by atoms with Crippen LogP contribution in [0.25, 0.3) is 0 Å². The second-order valence-corrected chi connectivity index (χ2v) is 5.33. The number of hydrogen-bond acceptors (Lipinski definition) is 4. The second kappa shape index (κ2) is 6.85. The zero-order chi connectivity index (χ0) is 14.5. The molecule has 2 aromatic rings. The Morgan fingerprint density at radius 2 is 2.20 bits per heavy atom. The van der Waals surface area contributed by atoms with Gasteiger partial charge in [-0.3, -0.25) is 0 Å². The number of benzene rings is 1. The van der Waals surface area contributed by atoms with E-state index in [1.54, 1.807) is 6.07 Å². The molecule has 0 unspecified atom stereocenters. The molecule has 1 aromatic heterocycles. The Kier molecular flexibility index (Phi) is 5.14. The smallest absolute Gasteiger partial charge is 0.224 e. The van der Waals surface area contributed by atoms with Crippen molar-refractivity contribution in [2.75, 3.05) is 17.2 Å². The van der Waals surface area contributed by atoms with Crippen molar-refractivity contribution in [1.29, 1.82) is 0 Å². The number of rotatable bonds is 5. The highest BCUT2D eigenvalue weighted by Crippen LogP contribution is 2.29. The molecule has 1 heterocycles. The maximum Gasteiger partial charge on any atom is 0.224 e. The number of anilines is 3. The molecule has 0 saturated carbocycles. The topological polar surface area (TPSA) is 49.8 Å². The lowest BCUT2D eigenvalue weighted by atomic mass is 10.3. The molecule has 106 valence electrons. The molecule has 0 amide bonds. The molecule has 4 nitrogen and oxygen atoms in total. The van der Waals surface area contributed by atoms with Gasteiger partial charge in [-0.15, -0.1) is 0 Å². The van der Waals surface area contributed by atoms with E-state index in [1.807, 2.05) is 6.92 Å². The molecule has 0 aliphatic heterocycles. The Hall–Kier alpha value is -1.40. The monoisotopic (exact) mass is 358 g/mol. The highest BCUT2D eigenvalue weighted by Gasteiger charge is 2.08. The van der Waals surface area contributed by atoms with Crippen LogP contribution in [0.3, 0.4) is 0 Å². The Labute approximate surface area is 129 Å². The minimum atomic E-state index is -0.342. The predicted molar refractivity (Wildman–Crippen MR) is 83.2 cm³/mol. The predicted octanol–water partition coefficient (Wildman–Crippen LogP) is 4.60. The van der Waals surface area contributed by atoms with Gasteiger partial charge in [-0.2, -0.15) is 4.98 Å². The molecule has 0 saturated heterocycles. The zero-order valence-electron chi connectivity index (χ0n) is 10.8. The first kappa shape index (κ1) is 15.0. The largest absolute Gasteiger partial charge is 0.354 e. The summed E-state index contributed by atoms with van der Waals surface area (Å²) in [6.07, 6.45) is 2.46. The van der Waals surface area contributed by atoms with Crippen LogP contribution in [0.1, 0.15) is 13.3 Å². The molecule has 7 heteroatoms. The highest BCUT2D eigenvalue weighted by atomic mass is 79.9. The molecule has 0 aliphatic rings. The first-order valence-electron chi connectivity index (χ1n) is 6.08. The number of aromatic nitrogens is 2. The van der Waals surface area contributed by atoms with Crippen molar-refractivity contribution in [3.63, 3.8) is 0 Å². The first-order valence-corrected chi connectivity index (χ1v) is 7.25. The summed E-state index contributed by atoms with van der Waals surface area (Å²) >= 11 is 9.39. The van der Waals surface area contributed by atoms with Gasteiger partial charge in [0.2, 0.25) is 5.95 Å². The normalized spacial score (nSPS) is 10.4. The average molecular weight is 360 g/mol. The van der Waals surface area contributed by atoms with E-state index in [0.717, 1.165) is 17.4 Å². The minimum absolute atomic E-state index is 0.342. The third-order valence-electron chi connectivity index (χ3n) is 2.46. The third-order valence-corrected chi connectivity index (χ3v) is 3.43. The Morgan fingerprint density at radius 3 is 2.95 bits per heavy atom. The highest BCUT2D eigenvalue weighted by molar-refractivity contribution is 9.10. The van der Waals surface area contributed by atoms with Gasteiger partial charge in [0.05, 0.1) is 11.9 Å². The van der Waals surface area contributed by atoms with Crippen LogP contribution in [0, 0.1) is 5.82 Å². The molecule has 0 bridgehead atoms. The van der Waals surface area contributed by atoms with E-state index in [2.05, 4.69) is 36.5 Å². The molecule has 1 aromatic carbocycles. The van der Waals surface area contributed by atoms with E-state index >= 15 is 0 Å². The van der Waals surface area contributed by atoms with Crippen LogP contribution >= 0.6 is 27.5 Å². The van der Waals surface area contributed by atoms with E-state index in [4.69, 9.17) is 11.6 Å². The number of nitrogens with zero attached hydrogens (tertiary/aromatic N) is 2. The summed E-state index contributed by atoms with van der Waals surface area (Å²) in [5.41, 5.74) is 0.548. The lowest BCUT2D eigenvalue weighted by Gasteiger charge is -2.11. The van der Waals surface area contributed by atoms with Crippen molar-refractivity contribution < 1.29 is 4.39 Å². The van der Waals surface area contributed by atoms with Gasteiger partial charge in [0, 0.05) is 11.0 Å². The van der Waals surface area contributed by atoms with Gasteiger partial charge in [-0.05, 0) is 40.5 Å². The van der Waals surface area contributed by atoms with Crippen molar-refractivity contribution in [3.8, 4) is 0 Å². The van der Waals surface area contributed by atoms with Gasteiger partial charge < -0.3 is 10.6 Å². The van der Waals surface area contributed by atoms with Crippen LogP contribution in [-0.2, 0) is 0 Å². The maximum absolute atomic E-state index is 13.3. The number of halogens is 3. The molecular weight excluding hydrogens is 347 g/mol. The van der Waals surface area contributed by atoms with Crippen molar-refractivity contribution in [2.24, 2.45) is 0 Å². The molecule has 0 aliphatic carbocycles. The third kappa shape index (κ3) is 3.80. The molecule has 20 heavy (non-hydrogen) atoms. The standard InChI is InChI=1S/C13H13BrClFN4/c1-2-5-17-13-18-7-10(15)12(20-13)19-11-6-8(16)3-4-9(11)14/h3-4,6-7H,2,5H2,1H3,(H2,17,18,19,20). The first-order chi connectivity index (χ1) is 9.60. The molecule has 0 spiro atoms. The summed E-state index contributed by atoms with van der Waals surface area (Å²) in [6, 6.07) is 4.34. The van der Waals surface area contributed by atoms with Gasteiger partial charge in [-0.1, -0.05) is 18.5 Å². The maximum atomic E-state index is 13.3. The van der Waals surface area contributed by atoms with Gasteiger partial charge in [0.15, 0.2) is 5.82 Å². The summed E-state index contributed by atoms with van der Waals surface area (Å²) in [7, 11) is 0. The van der Waals surface area contributed by atoms with Gasteiger partial charge in [0.25, 0.3) is 0 Å². The quantitative estimate of drug-likeness (QED) is 0.819. The van der Waals surface area contributed by atoms with Gasteiger partial charge in [-0.25, -0.2) is 9.37 Å². The molecule has 2 N–H and O–H groups in total. The minimum Gasteiger partial charge on any atom is -0.354 e. The summed E-state index contributed by atoms with van der Waals surface area (Å²) in [4.78, 5) is 8.35. The summed E-state index contributed by atoms with van der Waals surface area (Å²) in [5, 5.41) is 6.42. The Morgan fingerprint density at radius 1 is 1.40 bits per heavy atom. The number of hydrogen-bond donors (Lipinski definition) is 2. The Bertz CT molecular complexity index is 609. The van der Waals surface area contributed by atoms with Crippen molar-refractivity contribution >= 4 is 45.0 Å². The second-order valence-electron chi connectivity index (χ2n) is 4.07. The van der Waals surface area contributed by atoms with Crippen molar-refractivity contribution in [2.45, 2.75) is 13.3 Å². The summed E-state index contributed by atoms with van der Waals surface area (Å²) in [6.45, 7) is 2.82. The van der Waals surface area contributed by atoms with Crippen molar-refractivity contribution in [3.05, 3.63) is 39.7 Å². The van der Waals surface area contributed by atoms with Gasteiger partial charge in [0.1, 0.15) is 10.8 Å². The van der Waals surface area contributed by atoms with Gasteiger partial charge >= 0.3 is 0 Å². The van der Waals surface area contributed by atoms with E-state index in [9.17, 15) is 4.39 Å². The summed E-state index contributed by atoms with van der Waals surface area (Å²) < 4.78 is 14.0. The molecule has 2 rings (SSSR count). The molecule has 0 radical (unpaired) electrons. The number of nitrogens with one attached hydrogen (secondary N) is 2. The fourth-order valence-electron chi connectivity index (χ4n) is 1.50. The van der Waals surface area contributed by atoms with Crippen molar-refractivity contribution in [1.82, 2.24) is 9.97 Å². The fourth-order valence-corrected chi connectivity index (χ4v) is 1.98. The van der Waals surface area contributed by atoms with Crippen LogP contribution in [0.15, 0.2) is 28.9 Å².